The van der Waals surface area contributed by atoms with Gasteiger partial charge in [-0.25, -0.2) is 9.82 Å². The average Bonchev–Trinajstić information content (AvgIpc) is 2.82. The molecule has 0 radical (unpaired) electrons. The summed E-state index contributed by atoms with van der Waals surface area (Å²) in [6.07, 6.45) is 1.27. The second-order valence-electron chi connectivity index (χ2n) is 7.27. The molecule has 0 heterocycles. The molecule has 0 aromatic heterocycles. The molecule has 0 saturated carbocycles. The molecule has 0 spiro atoms. The Bertz CT molecular complexity index is 1220. The van der Waals surface area contributed by atoms with Gasteiger partial charge in [0.1, 0.15) is 11.6 Å². The highest BCUT2D eigenvalue weighted by molar-refractivity contribution is 6.39. The van der Waals surface area contributed by atoms with Crippen molar-refractivity contribution in [1.29, 1.82) is 0 Å². The quantitative estimate of drug-likeness (QED) is 0.283. The number of hydrogen-bond donors (Lipinski definition) is 3. The molecule has 0 saturated heterocycles. The molecule has 174 valence electrons. The van der Waals surface area contributed by atoms with Gasteiger partial charge < -0.3 is 15.4 Å². The van der Waals surface area contributed by atoms with E-state index in [0.29, 0.717) is 11.3 Å². The van der Waals surface area contributed by atoms with Gasteiger partial charge in [-0.3, -0.25) is 14.4 Å². The number of ether oxygens (including phenoxy) is 1. The van der Waals surface area contributed by atoms with Crippen molar-refractivity contribution in [3.8, 4) is 5.75 Å². The standard InChI is InChI=1S/C25H23FN4O4/c1-16-8-7-9-17(2)23(16)29-22(31)15-34-21-13-6-3-10-18(21)14-27-30-25(33)24(32)28-20-12-5-4-11-19(20)26/h3-14H,15H2,1-2H3,(H,28,32)(H,29,31)(H,30,33)/b27-14-. The number of rotatable bonds is 7. The van der Waals surface area contributed by atoms with E-state index in [2.05, 4.69) is 21.2 Å². The molecule has 0 unspecified atom stereocenters. The molecule has 0 bridgehead atoms. The Morgan fingerprint density at radius 1 is 0.882 bits per heavy atom. The second-order valence-corrected chi connectivity index (χ2v) is 7.27. The van der Waals surface area contributed by atoms with Crippen molar-refractivity contribution < 1.29 is 23.5 Å². The minimum Gasteiger partial charge on any atom is -0.483 e. The van der Waals surface area contributed by atoms with Gasteiger partial charge in [-0.15, -0.1) is 0 Å². The third kappa shape index (κ3) is 6.49. The molecular formula is C25H23FN4O4. The third-order valence-electron chi connectivity index (χ3n) is 4.72. The SMILES string of the molecule is Cc1cccc(C)c1NC(=O)COc1ccccc1/C=N\NC(=O)C(=O)Nc1ccccc1F. The molecule has 3 N–H and O–H groups in total. The molecule has 3 aromatic rings. The zero-order chi connectivity index (χ0) is 24.5. The van der Waals surface area contributed by atoms with Crippen LogP contribution >= 0.6 is 0 Å². The number of para-hydroxylation sites is 3. The number of anilines is 2. The van der Waals surface area contributed by atoms with Gasteiger partial charge in [-0.1, -0.05) is 42.5 Å². The molecule has 0 atom stereocenters. The van der Waals surface area contributed by atoms with Gasteiger partial charge >= 0.3 is 11.8 Å². The summed E-state index contributed by atoms with van der Waals surface area (Å²) in [5.74, 6) is -2.80. The lowest BCUT2D eigenvalue weighted by molar-refractivity contribution is -0.136. The van der Waals surface area contributed by atoms with E-state index in [4.69, 9.17) is 4.74 Å². The van der Waals surface area contributed by atoms with Crippen molar-refractivity contribution in [2.24, 2.45) is 5.10 Å². The van der Waals surface area contributed by atoms with Crippen LogP contribution in [0.2, 0.25) is 0 Å². The predicted molar refractivity (Wildman–Crippen MR) is 127 cm³/mol. The number of hydrazone groups is 1. The zero-order valence-electron chi connectivity index (χ0n) is 18.6. The monoisotopic (exact) mass is 462 g/mol. The number of nitrogens with one attached hydrogen (secondary N) is 3. The van der Waals surface area contributed by atoms with Crippen molar-refractivity contribution in [2.75, 3.05) is 17.2 Å². The molecule has 0 fully saturated rings. The Morgan fingerprint density at radius 3 is 2.29 bits per heavy atom. The van der Waals surface area contributed by atoms with Gasteiger partial charge in [-0.05, 0) is 49.2 Å². The molecule has 3 amide bonds. The fourth-order valence-electron chi connectivity index (χ4n) is 3.00. The van der Waals surface area contributed by atoms with Crippen LogP contribution in [0.25, 0.3) is 0 Å². The minimum atomic E-state index is -1.08. The molecular weight excluding hydrogens is 439 g/mol. The second kappa shape index (κ2) is 11.4. The van der Waals surface area contributed by atoms with Gasteiger partial charge in [0.2, 0.25) is 0 Å². The van der Waals surface area contributed by atoms with Gasteiger partial charge in [0, 0.05) is 11.3 Å². The van der Waals surface area contributed by atoms with Crippen LogP contribution in [0.4, 0.5) is 15.8 Å². The topological polar surface area (TPSA) is 109 Å². The zero-order valence-corrected chi connectivity index (χ0v) is 18.6. The largest absolute Gasteiger partial charge is 0.483 e. The van der Waals surface area contributed by atoms with Crippen molar-refractivity contribution in [1.82, 2.24) is 5.43 Å². The van der Waals surface area contributed by atoms with E-state index in [9.17, 15) is 18.8 Å². The first-order chi connectivity index (χ1) is 16.3. The third-order valence-corrected chi connectivity index (χ3v) is 4.72. The van der Waals surface area contributed by atoms with E-state index >= 15 is 0 Å². The maximum atomic E-state index is 13.6. The normalized spacial score (nSPS) is 10.6. The maximum Gasteiger partial charge on any atom is 0.329 e. The first-order valence-corrected chi connectivity index (χ1v) is 10.3. The summed E-state index contributed by atoms with van der Waals surface area (Å²) >= 11 is 0. The number of benzene rings is 3. The summed E-state index contributed by atoms with van der Waals surface area (Å²) in [7, 11) is 0. The van der Waals surface area contributed by atoms with Crippen molar-refractivity contribution >= 4 is 35.3 Å². The highest BCUT2D eigenvalue weighted by Crippen LogP contribution is 2.20. The summed E-state index contributed by atoms with van der Waals surface area (Å²) in [5.41, 5.74) is 5.04. The number of nitrogens with zero attached hydrogens (tertiary/aromatic N) is 1. The lowest BCUT2D eigenvalue weighted by atomic mass is 10.1. The number of carbonyl (C=O) groups is 3. The smallest absolute Gasteiger partial charge is 0.329 e. The molecule has 0 aliphatic heterocycles. The first kappa shape index (κ1) is 24.1. The highest BCUT2D eigenvalue weighted by atomic mass is 19.1. The van der Waals surface area contributed by atoms with Crippen LogP contribution in [0.15, 0.2) is 71.8 Å². The maximum absolute atomic E-state index is 13.6. The Labute approximate surface area is 195 Å². The fourth-order valence-corrected chi connectivity index (χ4v) is 3.00. The number of aryl methyl sites for hydroxylation is 2. The van der Waals surface area contributed by atoms with Crippen LogP contribution in [-0.2, 0) is 14.4 Å². The molecule has 34 heavy (non-hydrogen) atoms. The molecule has 8 nitrogen and oxygen atoms in total. The van der Waals surface area contributed by atoms with Crippen LogP contribution in [0, 0.1) is 19.7 Å². The van der Waals surface area contributed by atoms with Crippen molar-refractivity contribution in [3.63, 3.8) is 0 Å². The Kier molecular flexibility index (Phi) is 8.07. The number of hydrogen-bond acceptors (Lipinski definition) is 5. The van der Waals surface area contributed by atoms with Crippen LogP contribution in [0.1, 0.15) is 16.7 Å². The molecule has 9 heteroatoms. The summed E-state index contributed by atoms with van der Waals surface area (Å²) in [6, 6.07) is 17.9. The molecule has 3 aromatic carbocycles. The van der Waals surface area contributed by atoms with E-state index in [1.807, 2.05) is 32.0 Å². The summed E-state index contributed by atoms with van der Waals surface area (Å²) in [4.78, 5) is 36.2. The molecule has 0 aliphatic rings. The minimum absolute atomic E-state index is 0.121. The van der Waals surface area contributed by atoms with E-state index < -0.39 is 17.6 Å². The van der Waals surface area contributed by atoms with E-state index in [1.54, 1.807) is 24.3 Å². The van der Waals surface area contributed by atoms with Crippen LogP contribution < -0.4 is 20.8 Å². The van der Waals surface area contributed by atoms with Gasteiger partial charge in [0.25, 0.3) is 5.91 Å². The van der Waals surface area contributed by atoms with Crippen LogP contribution in [0.3, 0.4) is 0 Å². The van der Waals surface area contributed by atoms with E-state index in [1.165, 1.54) is 24.4 Å². The summed E-state index contributed by atoms with van der Waals surface area (Å²) in [6.45, 7) is 3.57. The highest BCUT2D eigenvalue weighted by Gasteiger charge is 2.15. The van der Waals surface area contributed by atoms with Crippen LogP contribution in [0.5, 0.6) is 5.75 Å². The number of halogens is 1. The van der Waals surface area contributed by atoms with Gasteiger partial charge in [0.05, 0.1) is 11.9 Å². The fraction of sp³-hybridized carbons (Fsp3) is 0.120. The predicted octanol–water partition coefficient (Wildman–Crippen LogP) is 3.55. The van der Waals surface area contributed by atoms with Gasteiger partial charge in [-0.2, -0.15) is 5.10 Å². The Balaban J connectivity index is 1.56. The van der Waals surface area contributed by atoms with E-state index in [-0.39, 0.29) is 18.2 Å². The van der Waals surface area contributed by atoms with Crippen LogP contribution in [-0.4, -0.2) is 30.5 Å². The number of carbonyl (C=O) groups excluding carboxylic acids is 3. The molecule has 3 rings (SSSR count). The van der Waals surface area contributed by atoms with Gasteiger partial charge in [0.15, 0.2) is 6.61 Å². The first-order valence-electron chi connectivity index (χ1n) is 10.3. The lowest BCUT2D eigenvalue weighted by Crippen LogP contribution is -2.32. The number of amides is 3. The molecule has 0 aliphatic carbocycles. The average molecular weight is 462 g/mol. The van der Waals surface area contributed by atoms with Crippen molar-refractivity contribution in [3.05, 3.63) is 89.2 Å². The van der Waals surface area contributed by atoms with E-state index in [0.717, 1.165) is 22.9 Å². The lowest BCUT2D eigenvalue weighted by Gasteiger charge is -2.13. The summed E-state index contributed by atoms with van der Waals surface area (Å²) in [5, 5.41) is 8.74. The Hall–Kier alpha value is -4.53. The summed E-state index contributed by atoms with van der Waals surface area (Å²) < 4.78 is 19.2. The van der Waals surface area contributed by atoms with Crippen molar-refractivity contribution in [2.45, 2.75) is 13.8 Å². The Morgan fingerprint density at radius 2 is 1.56 bits per heavy atom.